The van der Waals surface area contributed by atoms with E-state index in [2.05, 4.69) is 195 Å². The van der Waals surface area contributed by atoms with Crippen LogP contribution < -0.4 is 4.90 Å². The maximum atomic E-state index is 6.34. The number of allylic oxidation sites excluding steroid dienone is 4. The van der Waals surface area contributed by atoms with Gasteiger partial charge in [-0.3, -0.25) is 0 Å². The first-order valence-electron chi connectivity index (χ1n) is 17.6. The molecule has 2 nitrogen and oxygen atoms in total. The predicted octanol–water partition coefficient (Wildman–Crippen LogP) is 14.0. The minimum absolute atomic E-state index is 0.770. The van der Waals surface area contributed by atoms with Crippen molar-refractivity contribution in [2.75, 3.05) is 4.90 Å². The lowest BCUT2D eigenvalue weighted by Gasteiger charge is -2.26. The zero-order valence-electron chi connectivity index (χ0n) is 29.0. The third-order valence-electron chi connectivity index (χ3n) is 9.40. The van der Waals surface area contributed by atoms with Gasteiger partial charge in [-0.15, -0.1) is 0 Å². The van der Waals surface area contributed by atoms with Gasteiger partial charge in [-0.25, -0.2) is 0 Å². The second-order valence-corrected chi connectivity index (χ2v) is 13.2. The summed E-state index contributed by atoms with van der Waals surface area (Å²) in [6.07, 6.45) is 5.37. The highest BCUT2D eigenvalue weighted by atomic mass is 16.3. The molecule has 0 bridgehead atoms. The summed E-state index contributed by atoms with van der Waals surface area (Å²) in [5, 5.41) is 2.32. The van der Waals surface area contributed by atoms with Crippen LogP contribution in [0.5, 0.6) is 0 Å². The van der Waals surface area contributed by atoms with Gasteiger partial charge in [-0.2, -0.15) is 0 Å². The summed E-state index contributed by atoms with van der Waals surface area (Å²) < 4.78 is 6.34. The number of benzene rings is 7. The standard InChI is InChI=1S/C49H39NO/c1-35(2)34-42(21-20-41-16-11-18-47-46-17-9-10-19-48(46)51-49(41)47)40-26-32-45(33-27-40)50(43-28-22-38(23-29-43)36-12-5-3-6-13-36)44-30-24-39(25-31-44)37-14-7-4-8-15-37/h3-19,21-34H,20H2,1-2H3/b42-21+. The summed E-state index contributed by atoms with van der Waals surface area (Å²) in [6, 6.07) is 62.5. The molecule has 0 spiro atoms. The van der Waals surface area contributed by atoms with Crippen molar-refractivity contribution in [1.82, 2.24) is 0 Å². The fourth-order valence-corrected chi connectivity index (χ4v) is 6.87. The molecular weight excluding hydrogens is 619 g/mol. The molecule has 246 valence electrons. The number of anilines is 3. The Kier molecular flexibility index (Phi) is 8.89. The van der Waals surface area contributed by atoms with Crippen molar-refractivity contribution in [2.24, 2.45) is 0 Å². The van der Waals surface area contributed by atoms with E-state index in [9.17, 15) is 0 Å². The molecule has 0 saturated carbocycles. The van der Waals surface area contributed by atoms with E-state index in [0.717, 1.165) is 40.0 Å². The van der Waals surface area contributed by atoms with Gasteiger partial charge >= 0.3 is 0 Å². The van der Waals surface area contributed by atoms with E-state index in [-0.39, 0.29) is 0 Å². The van der Waals surface area contributed by atoms with E-state index < -0.39 is 0 Å². The fraction of sp³-hybridized carbons (Fsp3) is 0.0612. The van der Waals surface area contributed by atoms with Crippen LogP contribution in [-0.2, 0) is 6.42 Å². The van der Waals surface area contributed by atoms with Crippen LogP contribution in [0.4, 0.5) is 17.1 Å². The minimum atomic E-state index is 0.770. The van der Waals surface area contributed by atoms with Gasteiger partial charge in [0.1, 0.15) is 11.2 Å². The van der Waals surface area contributed by atoms with Crippen molar-refractivity contribution in [2.45, 2.75) is 20.3 Å². The molecule has 8 rings (SSSR count). The summed E-state index contributed by atoms with van der Waals surface area (Å²) in [7, 11) is 0. The van der Waals surface area contributed by atoms with Crippen LogP contribution in [0.1, 0.15) is 25.0 Å². The van der Waals surface area contributed by atoms with Gasteiger partial charge in [0.05, 0.1) is 0 Å². The normalized spacial score (nSPS) is 11.5. The Bertz CT molecular complexity index is 2380. The average molecular weight is 658 g/mol. The first-order valence-corrected chi connectivity index (χ1v) is 17.6. The number of hydrogen-bond acceptors (Lipinski definition) is 2. The van der Waals surface area contributed by atoms with Crippen molar-refractivity contribution in [3.05, 3.63) is 205 Å². The van der Waals surface area contributed by atoms with Crippen LogP contribution in [0.15, 0.2) is 198 Å². The molecule has 0 atom stereocenters. The largest absolute Gasteiger partial charge is 0.456 e. The Morgan fingerprint density at radius 3 is 1.55 bits per heavy atom. The van der Waals surface area contributed by atoms with E-state index in [4.69, 9.17) is 4.42 Å². The van der Waals surface area contributed by atoms with Gasteiger partial charge in [-0.1, -0.05) is 151 Å². The molecule has 0 amide bonds. The molecule has 2 heteroatoms. The molecule has 0 fully saturated rings. The number of nitrogens with zero attached hydrogens (tertiary/aromatic N) is 1. The van der Waals surface area contributed by atoms with Crippen LogP contribution in [0, 0.1) is 0 Å². The zero-order chi connectivity index (χ0) is 34.6. The molecule has 0 unspecified atom stereocenters. The Labute approximate surface area is 300 Å². The highest BCUT2D eigenvalue weighted by molar-refractivity contribution is 6.05. The Morgan fingerprint density at radius 2 is 0.980 bits per heavy atom. The summed E-state index contributed by atoms with van der Waals surface area (Å²) in [4.78, 5) is 2.33. The molecule has 0 aliphatic carbocycles. The van der Waals surface area contributed by atoms with Crippen LogP contribution in [0.2, 0.25) is 0 Å². The van der Waals surface area contributed by atoms with Crippen LogP contribution in [-0.4, -0.2) is 0 Å². The number of para-hydroxylation sites is 2. The summed E-state index contributed by atoms with van der Waals surface area (Å²) in [5.74, 6) is 0. The van der Waals surface area contributed by atoms with Gasteiger partial charge in [-0.05, 0) is 102 Å². The van der Waals surface area contributed by atoms with Gasteiger partial charge in [0.15, 0.2) is 0 Å². The molecule has 51 heavy (non-hydrogen) atoms. The van der Waals surface area contributed by atoms with E-state index in [0.29, 0.717) is 0 Å². The molecule has 0 N–H and O–H groups in total. The Hall–Kier alpha value is -6.38. The molecule has 0 aliphatic rings. The van der Waals surface area contributed by atoms with Gasteiger partial charge in [0, 0.05) is 27.8 Å². The van der Waals surface area contributed by atoms with Crippen LogP contribution in [0.3, 0.4) is 0 Å². The first kappa shape index (κ1) is 31.9. The molecular formula is C49H39NO. The number of furan rings is 1. The van der Waals surface area contributed by atoms with Gasteiger partial charge in [0.2, 0.25) is 0 Å². The van der Waals surface area contributed by atoms with Crippen molar-refractivity contribution in [1.29, 1.82) is 0 Å². The predicted molar refractivity (Wildman–Crippen MR) is 217 cm³/mol. The fourth-order valence-electron chi connectivity index (χ4n) is 6.87. The third-order valence-corrected chi connectivity index (χ3v) is 9.40. The van der Waals surface area contributed by atoms with E-state index in [1.165, 1.54) is 49.9 Å². The molecule has 1 aromatic heterocycles. The van der Waals surface area contributed by atoms with E-state index in [1.807, 2.05) is 12.1 Å². The molecule has 0 aliphatic heterocycles. The van der Waals surface area contributed by atoms with Crippen molar-refractivity contribution >= 4 is 44.6 Å². The molecule has 7 aromatic carbocycles. The van der Waals surface area contributed by atoms with Gasteiger partial charge in [0.25, 0.3) is 0 Å². The zero-order valence-corrected chi connectivity index (χ0v) is 29.0. The van der Waals surface area contributed by atoms with Crippen molar-refractivity contribution in [3.63, 3.8) is 0 Å². The Morgan fingerprint density at radius 1 is 0.490 bits per heavy atom. The molecule has 0 saturated heterocycles. The van der Waals surface area contributed by atoms with Crippen LogP contribution in [0.25, 0.3) is 49.8 Å². The minimum Gasteiger partial charge on any atom is -0.456 e. The number of rotatable bonds is 9. The topological polar surface area (TPSA) is 16.4 Å². The van der Waals surface area contributed by atoms with Gasteiger partial charge < -0.3 is 9.32 Å². The highest BCUT2D eigenvalue weighted by Gasteiger charge is 2.15. The van der Waals surface area contributed by atoms with Crippen molar-refractivity contribution < 1.29 is 4.42 Å². The average Bonchev–Trinajstić information content (AvgIpc) is 3.58. The number of hydrogen-bond donors (Lipinski definition) is 0. The molecule has 8 aromatic rings. The monoisotopic (exact) mass is 657 g/mol. The molecule has 1 heterocycles. The lowest BCUT2D eigenvalue weighted by atomic mass is 9.99. The summed E-state index contributed by atoms with van der Waals surface area (Å²) >= 11 is 0. The summed E-state index contributed by atoms with van der Waals surface area (Å²) in [6.45, 7) is 4.31. The quantitative estimate of drug-likeness (QED) is 0.144. The maximum absolute atomic E-state index is 6.34. The maximum Gasteiger partial charge on any atom is 0.138 e. The highest BCUT2D eigenvalue weighted by Crippen LogP contribution is 2.38. The second-order valence-electron chi connectivity index (χ2n) is 13.2. The second kappa shape index (κ2) is 14.2. The lowest BCUT2D eigenvalue weighted by Crippen LogP contribution is -2.10. The first-order chi connectivity index (χ1) is 25.1. The lowest BCUT2D eigenvalue weighted by molar-refractivity contribution is 0.664. The van der Waals surface area contributed by atoms with E-state index in [1.54, 1.807) is 0 Å². The smallest absolute Gasteiger partial charge is 0.138 e. The van der Waals surface area contributed by atoms with Crippen molar-refractivity contribution in [3.8, 4) is 22.3 Å². The van der Waals surface area contributed by atoms with E-state index >= 15 is 0 Å². The number of fused-ring (bicyclic) bond motifs is 3. The third kappa shape index (κ3) is 6.77. The summed E-state index contributed by atoms with van der Waals surface area (Å²) in [5.41, 5.74) is 14.8. The van der Waals surface area contributed by atoms with Crippen LogP contribution >= 0.6 is 0 Å². The SMILES string of the molecule is CC(C)=C/C(=C\Cc1cccc2c1oc1ccccc12)c1ccc(N(c2ccc(-c3ccccc3)cc2)c2ccc(-c3ccccc3)cc2)cc1. The molecule has 0 radical (unpaired) electrons. The Balaban J connectivity index is 1.14.